The van der Waals surface area contributed by atoms with Gasteiger partial charge in [-0.15, -0.1) is 0 Å². The number of fused-ring (bicyclic) bond motifs is 3. The second-order valence-electron chi connectivity index (χ2n) is 4.62. The Bertz CT molecular complexity index is 366. The fourth-order valence-electron chi connectivity index (χ4n) is 2.41. The minimum atomic E-state index is -1.03. The van der Waals surface area contributed by atoms with Crippen molar-refractivity contribution in [3.05, 3.63) is 0 Å². The number of hydrogen-bond acceptors (Lipinski definition) is 7. The summed E-state index contributed by atoms with van der Waals surface area (Å²) in [6.45, 7) is 3.71. The standard InChI is InChI=1S/C10H12O7/c1-10(2)16-7-5-4(15-9(7)17-10)6(13-3-11)8(12)14-5/h3-7,9H,1-2H3. The van der Waals surface area contributed by atoms with Crippen LogP contribution in [0.15, 0.2) is 0 Å². The van der Waals surface area contributed by atoms with Crippen molar-refractivity contribution in [3.63, 3.8) is 0 Å². The van der Waals surface area contributed by atoms with Gasteiger partial charge >= 0.3 is 5.97 Å². The average Bonchev–Trinajstić information content (AvgIpc) is 2.78. The van der Waals surface area contributed by atoms with E-state index >= 15 is 0 Å². The van der Waals surface area contributed by atoms with Gasteiger partial charge in [0.1, 0.15) is 6.10 Å². The predicted molar refractivity (Wildman–Crippen MR) is 49.5 cm³/mol. The number of hydrogen-bond donors (Lipinski definition) is 0. The summed E-state index contributed by atoms with van der Waals surface area (Å²) < 4.78 is 26.3. The zero-order valence-corrected chi connectivity index (χ0v) is 9.32. The van der Waals surface area contributed by atoms with Crippen LogP contribution in [0.1, 0.15) is 13.8 Å². The van der Waals surface area contributed by atoms with Crippen LogP contribution in [0.2, 0.25) is 0 Å². The second-order valence-corrected chi connectivity index (χ2v) is 4.62. The number of esters is 1. The smallest absolute Gasteiger partial charge is 0.350 e. The molecule has 0 aromatic rings. The lowest BCUT2D eigenvalue weighted by Crippen LogP contribution is -2.36. The van der Waals surface area contributed by atoms with E-state index < -0.39 is 42.5 Å². The highest BCUT2D eigenvalue weighted by molar-refractivity contribution is 5.79. The lowest BCUT2D eigenvalue weighted by molar-refractivity contribution is -0.215. The molecule has 0 aliphatic carbocycles. The van der Waals surface area contributed by atoms with E-state index in [2.05, 4.69) is 4.74 Å². The first kappa shape index (κ1) is 10.9. The van der Waals surface area contributed by atoms with Gasteiger partial charge in [-0.05, 0) is 13.8 Å². The molecular formula is C10H12O7. The maximum Gasteiger partial charge on any atom is 0.350 e. The summed E-state index contributed by atoms with van der Waals surface area (Å²) in [7, 11) is 0. The van der Waals surface area contributed by atoms with Gasteiger partial charge in [0.2, 0.25) is 6.10 Å². The van der Waals surface area contributed by atoms with Crippen molar-refractivity contribution in [1.82, 2.24) is 0 Å². The van der Waals surface area contributed by atoms with Crippen LogP contribution in [0.4, 0.5) is 0 Å². The fraction of sp³-hybridized carbons (Fsp3) is 0.800. The van der Waals surface area contributed by atoms with E-state index in [-0.39, 0.29) is 6.47 Å². The molecule has 3 saturated heterocycles. The maximum atomic E-state index is 11.4. The van der Waals surface area contributed by atoms with Gasteiger partial charge in [-0.3, -0.25) is 4.79 Å². The molecule has 3 heterocycles. The highest BCUT2D eigenvalue weighted by Gasteiger charge is 2.63. The van der Waals surface area contributed by atoms with E-state index in [1.807, 2.05) is 0 Å². The molecule has 0 spiro atoms. The number of carbonyl (C=O) groups excluding carboxylic acids is 2. The summed E-state index contributed by atoms with van der Waals surface area (Å²) in [4.78, 5) is 21.7. The molecule has 5 unspecified atom stereocenters. The lowest BCUT2D eigenvalue weighted by Gasteiger charge is -2.21. The van der Waals surface area contributed by atoms with Crippen molar-refractivity contribution >= 4 is 12.4 Å². The number of carbonyl (C=O) groups is 2. The van der Waals surface area contributed by atoms with Crippen molar-refractivity contribution < 1.29 is 33.3 Å². The highest BCUT2D eigenvalue weighted by atomic mass is 16.8. The molecule has 3 aliphatic rings. The Kier molecular flexibility index (Phi) is 2.19. The molecule has 7 nitrogen and oxygen atoms in total. The van der Waals surface area contributed by atoms with Gasteiger partial charge in [-0.25, -0.2) is 4.79 Å². The predicted octanol–water partition coefficient (Wildman–Crippen LogP) is -0.670. The number of ether oxygens (including phenoxy) is 5. The Morgan fingerprint density at radius 3 is 2.71 bits per heavy atom. The van der Waals surface area contributed by atoms with E-state index in [4.69, 9.17) is 18.9 Å². The largest absolute Gasteiger partial charge is 0.454 e. The van der Waals surface area contributed by atoms with Gasteiger partial charge < -0.3 is 23.7 Å². The average molecular weight is 244 g/mol. The van der Waals surface area contributed by atoms with E-state index in [0.717, 1.165) is 0 Å². The van der Waals surface area contributed by atoms with E-state index in [9.17, 15) is 9.59 Å². The van der Waals surface area contributed by atoms with Crippen molar-refractivity contribution in [2.45, 2.75) is 50.3 Å². The zero-order valence-electron chi connectivity index (χ0n) is 9.32. The van der Waals surface area contributed by atoms with E-state index in [1.165, 1.54) is 0 Å². The SMILES string of the molecule is CC1(C)OC2OC3C(OC=O)C(=O)OC3C2O1. The Labute approximate surface area is 96.9 Å². The van der Waals surface area contributed by atoms with Crippen molar-refractivity contribution in [1.29, 1.82) is 0 Å². The minimum Gasteiger partial charge on any atom is -0.454 e. The first-order valence-electron chi connectivity index (χ1n) is 5.32. The molecule has 3 rings (SSSR count). The van der Waals surface area contributed by atoms with Crippen molar-refractivity contribution in [3.8, 4) is 0 Å². The molecule has 0 bridgehead atoms. The van der Waals surface area contributed by atoms with Gasteiger partial charge in [0.25, 0.3) is 6.47 Å². The van der Waals surface area contributed by atoms with Crippen LogP contribution in [-0.2, 0) is 33.3 Å². The summed E-state index contributed by atoms with van der Waals surface area (Å²) >= 11 is 0. The van der Waals surface area contributed by atoms with Gasteiger partial charge in [-0.2, -0.15) is 0 Å². The minimum absolute atomic E-state index is 0.206. The summed E-state index contributed by atoms with van der Waals surface area (Å²) in [5.41, 5.74) is 0. The maximum absolute atomic E-state index is 11.4. The third kappa shape index (κ3) is 1.54. The second kappa shape index (κ2) is 3.41. The van der Waals surface area contributed by atoms with Gasteiger partial charge in [0.15, 0.2) is 24.3 Å². The molecule has 5 atom stereocenters. The molecule has 0 N–H and O–H groups in total. The molecule has 0 saturated carbocycles. The van der Waals surface area contributed by atoms with Gasteiger partial charge in [0, 0.05) is 0 Å². The van der Waals surface area contributed by atoms with E-state index in [0.29, 0.717) is 0 Å². The molecule has 0 amide bonds. The Morgan fingerprint density at radius 1 is 1.24 bits per heavy atom. The van der Waals surface area contributed by atoms with Crippen LogP contribution in [0.5, 0.6) is 0 Å². The topological polar surface area (TPSA) is 80.3 Å². The van der Waals surface area contributed by atoms with Crippen LogP contribution < -0.4 is 0 Å². The molecule has 17 heavy (non-hydrogen) atoms. The van der Waals surface area contributed by atoms with Gasteiger partial charge in [0.05, 0.1) is 0 Å². The lowest BCUT2D eigenvalue weighted by atomic mass is 10.1. The molecule has 3 aliphatic heterocycles. The van der Waals surface area contributed by atoms with Crippen LogP contribution in [0.25, 0.3) is 0 Å². The molecule has 0 radical (unpaired) electrons. The van der Waals surface area contributed by atoms with Crippen LogP contribution in [0.3, 0.4) is 0 Å². The highest BCUT2D eigenvalue weighted by Crippen LogP contribution is 2.42. The molecule has 3 fully saturated rings. The fourth-order valence-corrected chi connectivity index (χ4v) is 2.41. The molecule has 0 aromatic heterocycles. The van der Waals surface area contributed by atoms with E-state index in [1.54, 1.807) is 13.8 Å². The summed E-state index contributed by atoms with van der Waals surface area (Å²) in [6, 6.07) is 0. The van der Waals surface area contributed by atoms with Crippen molar-refractivity contribution in [2.24, 2.45) is 0 Å². The first-order valence-corrected chi connectivity index (χ1v) is 5.32. The van der Waals surface area contributed by atoms with Crippen LogP contribution in [0, 0.1) is 0 Å². The van der Waals surface area contributed by atoms with Crippen molar-refractivity contribution in [2.75, 3.05) is 0 Å². The monoisotopic (exact) mass is 244 g/mol. The first-order chi connectivity index (χ1) is 8.02. The summed E-state index contributed by atoms with van der Waals surface area (Å²) in [6.07, 6.45) is -3.33. The number of rotatable bonds is 2. The van der Waals surface area contributed by atoms with Gasteiger partial charge in [-0.1, -0.05) is 0 Å². The van der Waals surface area contributed by atoms with Crippen LogP contribution in [-0.4, -0.2) is 48.9 Å². The molecular weight excluding hydrogens is 232 g/mol. The molecule has 0 aromatic carbocycles. The Hall–Kier alpha value is -1.18. The third-order valence-electron chi connectivity index (χ3n) is 3.01. The Balaban J connectivity index is 1.79. The Morgan fingerprint density at radius 2 is 2.00 bits per heavy atom. The normalized spacial score (nSPS) is 46.2. The summed E-state index contributed by atoms with van der Waals surface area (Å²) in [5.74, 6) is -1.38. The summed E-state index contributed by atoms with van der Waals surface area (Å²) in [5, 5.41) is 0. The quantitative estimate of drug-likeness (QED) is 0.470. The molecule has 94 valence electrons. The third-order valence-corrected chi connectivity index (χ3v) is 3.01. The zero-order chi connectivity index (χ0) is 12.2. The molecule has 7 heteroatoms. The van der Waals surface area contributed by atoms with Crippen LogP contribution >= 0.6 is 0 Å².